The number of carbonyl (C=O) groups is 1. The number of likely N-dealkylation sites (tertiary alicyclic amines) is 1. The molecule has 4 rings (SSSR count). The van der Waals surface area contributed by atoms with Crippen LogP contribution in [0.15, 0.2) is 48.8 Å². The highest BCUT2D eigenvalue weighted by atomic mass is 16.5. The van der Waals surface area contributed by atoms with Crippen LogP contribution in [0.1, 0.15) is 29.7 Å². The van der Waals surface area contributed by atoms with Crippen LogP contribution < -0.4 is 4.74 Å². The van der Waals surface area contributed by atoms with E-state index in [4.69, 9.17) is 4.74 Å². The van der Waals surface area contributed by atoms with Crippen molar-refractivity contribution < 1.29 is 14.6 Å². The van der Waals surface area contributed by atoms with Gasteiger partial charge in [-0.1, -0.05) is 18.2 Å². The molecule has 2 aromatic heterocycles. The Bertz CT molecular complexity index is 949. The maximum atomic E-state index is 11.3. The smallest absolute Gasteiger partial charge is 0.320 e. The fourth-order valence-electron chi connectivity index (χ4n) is 3.65. The second-order valence-corrected chi connectivity index (χ2v) is 7.05. The van der Waals surface area contributed by atoms with Crippen LogP contribution in [-0.2, 0) is 17.9 Å². The third kappa shape index (κ3) is 3.80. The molecule has 0 aliphatic carbocycles. The van der Waals surface area contributed by atoms with Gasteiger partial charge in [0.2, 0.25) is 0 Å². The lowest BCUT2D eigenvalue weighted by molar-refractivity contribution is -0.142. The molecule has 0 bridgehead atoms. The average Bonchev–Trinajstić information content (AvgIpc) is 3.28. The molecular weight excluding hydrogens is 342 g/mol. The molecule has 1 atom stereocenters. The number of aryl methyl sites for hydroxylation is 1. The van der Waals surface area contributed by atoms with Gasteiger partial charge in [0.15, 0.2) is 0 Å². The molecule has 0 radical (unpaired) electrons. The number of hydrogen-bond acceptors (Lipinski definition) is 4. The van der Waals surface area contributed by atoms with Gasteiger partial charge in [0.05, 0.1) is 5.69 Å². The summed E-state index contributed by atoms with van der Waals surface area (Å²) in [4.78, 5) is 17.9. The molecule has 0 amide bonds. The topological polar surface area (TPSA) is 67.1 Å². The number of benzene rings is 1. The van der Waals surface area contributed by atoms with Gasteiger partial charge in [0.1, 0.15) is 24.0 Å². The Labute approximate surface area is 158 Å². The summed E-state index contributed by atoms with van der Waals surface area (Å²) >= 11 is 0. The molecule has 140 valence electrons. The number of fused-ring (bicyclic) bond motifs is 1. The van der Waals surface area contributed by atoms with E-state index in [9.17, 15) is 9.90 Å². The summed E-state index contributed by atoms with van der Waals surface area (Å²) in [6.07, 6.45) is 5.64. The molecule has 3 heterocycles. The Kier molecular flexibility index (Phi) is 4.81. The number of hydrogen-bond donors (Lipinski definition) is 1. The van der Waals surface area contributed by atoms with E-state index in [1.54, 1.807) is 0 Å². The summed E-state index contributed by atoms with van der Waals surface area (Å²) in [5.74, 6) is 0.0545. The van der Waals surface area contributed by atoms with Crippen LogP contribution >= 0.6 is 0 Å². The predicted molar refractivity (Wildman–Crippen MR) is 102 cm³/mol. The van der Waals surface area contributed by atoms with Crippen LogP contribution in [0.5, 0.6) is 5.75 Å². The Hall–Kier alpha value is -2.86. The van der Waals surface area contributed by atoms with Crippen LogP contribution in [0.3, 0.4) is 0 Å². The Balaban J connectivity index is 1.37. The summed E-state index contributed by atoms with van der Waals surface area (Å²) in [5.41, 5.74) is 4.06. The van der Waals surface area contributed by atoms with E-state index in [1.807, 2.05) is 65.0 Å². The summed E-state index contributed by atoms with van der Waals surface area (Å²) in [7, 11) is 0. The van der Waals surface area contributed by atoms with Gasteiger partial charge in [-0.3, -0.25) is 9.69 Å². The average molecular weight is 365 g/mol. The number of aliphatic carboxylic acids is 1. The highest BCUT2D eigenvalue weighted by molar-refractivity contribution is 5.73. The van der Waals surface area contributed by atoms with Crippen LogP contribution in [0, 0.1) is 6.92 Å². The van der Waals surface area contributed by atoms with Crippen molar-refractivity contribution >= 4 is 11.6 Å². The molecule has 3 aromatic rings. The SMILES string of the molecule is Cc1cccn2cc(COc3ccc(CN4CCCC4C(=O)O)cc3)nc12. The van der Waals surface area contributed by atoms with Crippen molar-refractivity contribution in [3.8, 4) is 5.75 Å². The van der Waals surface area contributed by atoms with Gasteiger partial charge in [-0.15, -0.1) is 0 Å². The molecule has 1 N–H and O–H groups in total. The largest absolute Gasteiger partial charge is 0.487 e. The summed E-state index contributed by atoms with van der Waals surface area (Å²) < 4.78 is 7.87. The molecule has 27 heavy (non-hydrogen) atoms. The summed E-state index contributed by atoms with van der Waals surface area (Å²) in [6.45, 7) is 3.94. The molecule has 1 aliphatic heterocycles. The normalized spacial score (nSPS) is 17.4. The third-order valence-corrected chi connectivity index (χ3v) is 5.07. The molecule has 6 heteroatoms. The lowest BCUT2D eigenvalue weighted by Gasteiger charge is -2.21. The first-order valence-electron chi connectivity index (χ1n) is 9.22. The molecule has 1 aromatic carbocycles. The van der Waals surface area contributed by atoms with Crippen LogP contribution in [0.4, 0.5) is 0 Å². The number of nitrogens with zero attached hydrogens (tertiary/aromatic N) is 3. The van der Waals surface area contributed by atoms with E-state index in [0.717, 1.165) is 47.6 Å². The summed E-state index contributed by atoms with van der Waals surface area (Å²) in [5, 5.41) is 9.28. The maximum Gasteiger partial charge on any atom is 0.320 e. The van der Waals surface area contributed by atoms with Gasteiger partial charge >= 0.3 is 5.97 Å². The zero-order valence-corrected chi connectivity index (χ0v) is 15.3. The number of pyridine rings is 1. The second-order valence-electron chi connectivity index (χ2n) is 7.05. The van der Waals surface area contributed by atoms with Crippen LogP contribution in [0.2, 0.25) is 0 Å². The zero-order chi connectivity index (χ0) is 18.8. The highest BCUT2D eigenvalue weighted by Crippen LogP contribution is 2.22. The van der Waals surface area contributed by atoms with Gasteiger partial charge in [-0.05, 0) is 55.6 Å². The van der Waals surface area contributed by atoms with Gasteiger partial charge in [-0.2, -0.15) is 0 Å². The molecule has 1 unspecified atom stereocenters. The van der Waals surface area contributed by atoms with E-state index >= 15 is 0 Å². The fraction of sp³-hybridized carbons (Fsp3) is 0.333. The standard InChI is InChI=1S/C21H23N3O3/c1-15-4-2-11-24-13-17(22-20(15)24)14-27-18-8-6-16(7-9-18)12-23-10-3-5-19(23)21(25)26/h2,4,6-9,11,13,19H,3,5,10,12,14H2,1H3,(H,25,26). The van der Waals surface area contributed by atoms with E-state index in [2.05, 4.69) is 4.98 Å². The minimum absolute atomic E-state index is 0.362. The minimum Gasteiger partial charge on any atom is -0.487 e. The van der Waals surface area contributed by atoms with Crippen molar-refractivity contribution in [2.45, 2.75) is 39.0 Å². The van der Waals surface area contributed by atoms with Crippen molar-refractivity contribution in [3.63, 3.8) is 0 Å². The van der Waals surface area contributed by atoms with Gasteiger partial charge in [-0.25, -0.2) is 4.98 Å². The van der Waals surface area contributed by atoms with Crippen molar-refractivity contribution in [2.24, 2.45) is 0 Å². The van der Waals surface area contributed by atoms with Crippen molar-refractivity contribution in [3.05, 3.63) is 65.6 Å². The van der Waals surface area contributed by atoms with E-state index < -0.39 is 5.97 Å². The molecule has 0 spiro atoms. The first-order valence-corrected chi connectivity index (χ1v) is 9.22. The lowest BCUT2D eigenvalue weighted by Crippen LogP contribution is -2.35. The van der Waals surface area contributed by atoms with Gasteiger partial charge in [0.25, 0.3) is 0 Å². The monoisotopic (exact) mass is 365 g/mol. The van der Waals surface area contributed by atoms with E-state index in [0.29, 0.717) is 13.2 Å². The first kappa shape index (κ1) is 17.5. The predicted octanol–water partition coefficient (Wildman–Crippen LogP) is 3.27. The Morgan fingerprint density at radius 2 is 2.11 bits per heavy atom. The van der Waals surface area contributed by atoms with E-state index in [1.165, 1.54) is 0 Å². The van der Waals surface area contributed by atoms with Gasteiger partial charge < -0.3 is 14.2 Å². The summed E-state index contributed by atoms with van der Waals surface area (Å²) in [6, 6.07) is 11.5. The second kappa shape index (κ2) is 7.40. The molecule has 1 saturated heterocycles. The van der Waals surface area contributed by atoms with Crippen molar-refractivity contribution in [2.75, 3.05) is 6.54 Å². The molecule has 1 aliphatic rings. The van der Waals surface area contributed by atoms with E-state index in [-0.39, 0.29) is 6.04 Å². The molecular formula is C21H23N3O3. The number of rotatable bonds is 6. The number of ether oxygens (including phenoxy) is 1. The van der Waals surface area contributed by atoms with Crippen molar-refractivity contribution in [1.82, 2.24) is 14.3 Å². The number of imidazole rings is 1. The quantitative estimate of drug-likeness (QED) is 0.726. The maximum absolute atomic E-state index is 11.3. The molecule has 6 nitrogen and oxygen atoms in total. The fourth-order valence-corrected chi connectivity index (χ4v) is 3.65. The number of carboxylic acids is 1. The first-order chi connectivity index (χ1) is 13.1. The third-order valence-electron chi connectivity index (χ3n) is 5.07. The van der Waals surface area contributed by atoms with Crippen LogP contribution in [-0.4, -0.2) is 37.9 Å². The molecule has 0 saturated carbocycles. The Morgan fingerprint density at radius 1 is 1.30 bits per heavy atom. The Morgan fingerprint density at radius 3 is 2.85 bits per heavy atom. The molecule has 1 fully saturated rings. The zero-order valence-electron chi connectivity index (χ0n) is 15.3. The number of aromatic nitrogens is 2. The van der Waals surface area contributed by atoms with Crippen LogP contribution in [0.25, 0.3) is 5.65 Å². The minimum atomic E-state index is -0.727. The highest BCUT2D eigenvalue weighted by Gasteiger charge is 2.30. The number of carboxylic acid groups (broad SMARTS) is 1. The van der Waals surface area contributed by atoms with Gasteiger partial charge in [0, 0.05) is 18.9 Å². The van der Waals surface area contributed by atoms with Crippen molar-refractivity contribution in [1.29, 1.82) is 0 Å². The lowest BCUT2D eigenvalue weighted by atomic mass is 10.2.